The number of rotatable bonds is 14. The molecule has 13 rings (SSSR count). The van der Waals surface area contributed by atoms with Gasteiger partial charge in [-0.3, -0.25) is 0 Å². The van der Waals surface area contributed by atoms with Crippen LogP contribution in [0.25, 0.3) is 66.7 Å². The first-order valence-corrected chi connectivity index (χ1v) is 32.9. The molecule has 8 aromatic rings. The molecule has 0 spiro atoms. The van der Waals surface area contributed by atoms with Gasteiger partial charge in [-0.25, -0.2) is 19.1 Å². The van der Waals surface area contributed by atoms with Crippen molar-refractivity contribution in [2.24, 2.45) is 0 Å². The first kappa shape index (κ1) is 67.6. The summed E-state index contributed by atoms with van der Waals surface area (Å²) in [6.07, 6.45) is 0. The van der Waals surface area contributed by atoms with Crippen molar-refractivity contribution in [3.05, 3.63) is 227 Å². The van der Waals surface area contributed by atoms with E-state index < -0.39 is 28.5 Å². The second kappa shape index (κ2) is 31.5. The topological polar surface area (TPSA) is 164 Å². The minimum Gasteiger partial charge on any atom is -1.00 e. The van der Waals surface area contributed by atoms with Crippen LogP contribution in [0.2, 0.25) is 0 Å². The summed E-state index contributed by atoms with van der Waals surface area (Å²) in [7, 11) is -3.16. The van der Waals surface area contributed by atoms with Crippen molar-refractivity contribution in [1.29, 1.82) is 0 Å². The number of hydrogen-bond donors (Lipinski definition) is 4. The molecule has 2 aliphatic carbocycles. The number of nitrogens with zero attached hydrogens (tertiary/aromatic N) is 4. The minimum absolute atomic E-state index is 0. The van der Waals surface area contributed by atoms with E-state index in [2.05, 4.69) is 138 Å². The third-order valence-electron chi connectivity index (χ3n) is 15.9. The lowest BCUT2D eigenvalue weighted by Gasteiger charge is -2.33. The molecule has 1 fully saturated rings. The van der Waals surface area contributed by atoms with Crippen LogP contribution in [-0.2, 0) is 36.3 Å². The van der Waals surface area contributed by atoms with Crippen molar-refractivity contribution < 1.29 is 57.4 Å². The second-order valence-corrected chi connectivity index (χ2v) is 22.8. The van der Waals surface area contributed by atoms with Crippen LogP contribution in [0.15, 0.2) is 203 Å². The number of alkyl halides is 3. The Hall–Kier alpha value is -6.80. The van der Waals surface area contributed by atoms with E-state index in [1.807, 2.05) is 133 Å². The number of anilines is 2. The Bertz CT molecular complexity index is 4400. The maximum atomic E-state index is 9.71. The Balaban J connectivity index is 0.000000160. The predicted molar refractivity (Wildman–Crippen MR) is 374 cm³/mol. The minimum atomic E-state index is -1.52. The van der Waals surface area contributed by atoms with Crippen LogP contribution >= 0.6 is 47.8 Å². The zero-order valence-electron chi connectivity index (χ0n) is 50.1. The first-order chi connectivity index (χ1) is 43.0. The maximum absolute atomic E-state index is 9.71. The lowest BCUT2D eigenvalue weighted by atomic mass is 9.60. The molecule has 0 radical (unpaired) electrons. The molecule has 90 heavy (non-hydrogen) atoms. The van der Waals surface area contributed by atoms with Crippen molar-refractivity contribution >= 4 is 153 Å². The van der Waals surface area contributed by atoms with Gasteiger partial charge in [-0.05, 0) is 83.9 Å². The number of fused-ring (bicyclic) bond motifs is 8. The number of nitrogen functional groups attached to an aromatic ring is 1. The van der Waals surface area contributed by atoms with Gasteiger partial charge in [0.25, 0.3) is 0 Å². The fourth-order valence-corrected chi connectivity index (χ4v) is 12.8. The van der Waals surface area contributed by atoms with Crippen molar-refractivity contribution in [1.82, 2.24) is 19.1 Å². The van der Waals surface area contributed by atoms with Gasteiger partial charge in [-0.1, -0.05) is 193 Å². The molecule has 3 heterocycles. The van der Waals surface area contributed by atoms with Gasteiger partial charge in [-0.2, -0.15) is 0 Å². The Morgan fingerprint density at radius 1 is 0.467 bits per heavy atom. The third-order valence-corrected chi connectivity index (χ3v) is 17.8. The number of nitrogens with one attached hydrogen (secondary N) is 1. The molecule has 1 saturated heterocycles. The van der Waals surface area contributed by atoms with Crippen molar-refractivity contribution in [3.63, 3.8) is 0 Å². The molecule has 5 N–H and O–H groups in total. The van der Waals surface area contributed by atoms with E-state index in [1.54, 1.807) is 12.1 Å². The number of nitrogens with two attached hydrogens (primary N) is 1. The highest BCUT2D eigenvalue weighted by molar-refractivity contribution is 9.09. The Kier molecular flexibility index (Phi) is 23.6. The van der Waals surface area contributed by atoms with Crippen LogP contribution in [0.1, 0.15) is 49.9 Å². The lowest BCUT2D eigenvalue weighted by Crippen LogP contribution is -3.00. The molecule has 5 aliphatic rings. The first-order valence-electron chi connectivity index (χ1n) is 29.5. The molecule has 0 bridgehead atoms. The van der Waals surface area contributed by atoms with Crippen LogP contribution in [0.4, 0.5) is 11.4 Å². The molecule has 3 aliphatic heterocycles. The Morgan fingerprint density at radius 3 is 1.28 bits per heavy atom. The summed E-state index contributed by atoms with van der Waals surface area (Å²) >= 11 is 10.8. The number of aromatic nitrogens is 2. The quantitative estimate of drug-likeness (QED) is 0.0301. The molecule has 8 aromatic carbocycles. The van der Waals surface area contributed by atoms with E-state index in [-0.39, 0.29) is 24.8 Å². The van der Waals surface area contributed by atoms with Gasteiger partial charge in [0.05, 0.1) is 12.1 Å². The summed E-state index contributed by atoms with van der Waals surface area (Å²) in [5.41, 5.74) is 20.2. The summed E-state index contributed by atoms with van der Waals surface area (Å²) < 4.78 is 36.2. The zero-order chi connectivity index (χ0) is 61.3. The van der Waals surface area contributed by atoms with Gasteiger partial charge in [0, 0.05) is 79.7 Å². The SMILES string of the molecule is BrCc1ccccc1B1OB(c2ccccc2CBr)OB(c2ccccc2CBr)O1.CC[N+](CC)=c1ccc2nc3c(cc(N)c4ccccc43)oc-2c1.CC[N+](CC)=c1ccc2nc3c(cc(NCc4ccccc4B(O)O)c4ccccc43)oc-2c1.[Cl-].[Cl-]. The molecule has 0 aromatic heterocycles. The van der Waals surface area contributed by atoms with E-state index >= 15 is 0 Å². The van der Waals surface area contributed by atoms with E-state index in [1.165, 1.54) is 0 Å². The van der Waals surface area contributed by atoms with Crippen LogP contribution < -0.4 is 77.6 Å². The van der Waals surface area contributed by atoms with Crippen LogP contribution in [0.5, 0.6) is 0 Å². The Labute approximate surface area is 562 Å². The number of benzene rings is 10. The van der Waals surface area contributed by atoms with Gasteiger partial charge < -0.3 is 68.5 Å². The molecule has 0 saturated carbocycles. The van der Waals surface area contributed by atoms with Gasteiger partial charge in [0.2, 0.25) is 10.7 Å². The molecule has 0 amide bonds. The van der Waals surface area contributed by atoms with Crippen molar-refractivity contribution in [2.75, 3.05) is 37.2 Å². The van der Waals surface area contributed by atoms with E-state index in [9.17, 15) is 10.0 Å². The third kappa shape index (κ3) is 14.7. The number of hydrogen-bond acceptors (Lipinski definition) is 11. The summed E-state index contributed by atoms with van der Waals surface area (Å²) in [5, 5.41) is 31.4. The van der Waals surface area contributed by atoms with Crippen LogP contribution in [-0.4, -0.2) is 74.7 Å². The fraction of sp³-hybridized carbons (Fsp3) is 0.176. The molecule has 13 nitrogen and oxygen atoms in total. The van der Waals surface area contributed by atoms with Crippen LogP contribution in [0, 0.1) is 0 Å². The predicted octanol–water partition coefficient (Wildman–Crippen LogP) is 4.60. The molecule has 22 heteroatoms. The van der Waals surface area contributed by atoms with Crippen molar-refractivity contribution in [2.45, 2.75) is 50.2 Å². The Morgan fingerprint density at radius 2 is 0.844 bits per heavy atom. The summed E-state index contributed by atoms with van der Waals surface area (Å²) in [4.78, 5) is 9.78. The van der Waals surface area contributed by atoms with Crippen molar-refractivity contribution in [3.8, 4) is 22.9 Å². The highest BCUT2D eigenvalue weighted by Crippen LogP contribution is 2.35. The average Bonchev–Trinajstić information content (AvgIpc) is 1.09. The van der Waals surface area contributed by atoms with Gasteiger partial charge in [-0.15, -0.1) is 0 Å². The lowest BCUT2D eigenvalue weighted by molar-refractivity contribution is -0.001000. The summed E-state index contributed by atoms with van der Waals surface area (Å²) in [6, 6.07) is 64.1. The monoisotopic (exact) mass is 1430 g/mol. The second-order valence-electron chi connectivity index (χ2n) is 21.1. The van der Waals surface area contributed by atoms with Gasteiger partial charge in [0.1, 0.15) is 48.6 Å². The van der Waals surface area contributed by atoms with E-state index in [4.69, 9.17) is 38.3 Å². The maximum Gasteiger partial charge on any atom is 0.488 e. The van der Waals surface area contributed by atoms with Crippen LogP contribution in [0.3, 0.4) is 0 Å². The molecular formula is C68H65B4Br3Cl2N6O7. The highest BCUT2D eigenvalue weighted by atomic mass is 79.9. The standard InChI is InChI=1S/C27H26BN3O3.C21H18B3Br3O3.C20H19N3O.2ClH/c1-3-31(4-2)19-13-14-23-25(15-19)34-26-16-24(20-10-6-7-11-21(20)27(26)30-23)29-17-18-9-5-8-12-22(18)28(32)33;25-13-16-7-1-4-10-19(16)22-28-23(20-11-5-2-8-17(20)14-26)30-24(29-22)21-12-6-3-9-18(21)15-27;1-3-23(4-2)13-9-10-17-18(11-13)24-19-12-16(21)14-7-5-6-8-15(14)20(19)22-17;;/h5-16,32-33H,3-4,17H2,1-2H3;1-12H,13-15H2;5-12,21H,3-4H2,1-2H3;2*1H. The van der Waals surface area contributed by atoms with Gasteiger partial charge >= 0.3 is 28.5 Å². The average molecular weight is 1430 g/mol. The van der Waals surface area contributed by atoms with Gasteiger partial charge in [0.15, 0.2) is 22.7 Å². The molecular weight excluding hydrogens is 1370 g/mol. The highest BCUT2D eigenvalue weighted by Gasteiger charge is 2.45. The zero-order valence-corrected chi connectivity index (χ0v) is 56.4. The number of halogens is 5. The fourth-order valence-electron chi connectivity index (χ4n) is 11.3. The largest absolute Gasteiger partial charge is 1.00 e. The molecule has 456 valence electrons. The smallest absolute Gasteiger partial charge is 0.488 e. The molecule has 0 unspecified atom stereocenters. The normalized spacial score (nSPS) is 12.1. The van der Waals surface area contributed by atoms with E-state index in [0.717, 1.165) is 158 Å². The molecule has 0 atom stereocenters. The van der Waals surface area contributed by atoms with E-state index in [0.29, 0.717) is 23.3 Å². The summed E-state index contributed by atoms with van der Waals surface area (Å²) in [5.74, 6) is 1.52. The summed E-state index contributed by atoms with van der Waals surface area (Å²) in [6.45, 7) is 12.8.